The molecule has 0 saturated carbocycles. The van der Waals surface area contributed by atoms with Crippen molar-refractivity contribution in [1.29, 1.82) is 0 Å². The quantitative estimate of drug-likeness (QED) is 0.0674. The zero-order valence-corrected chi connectivity index (χ0v) is 40.7. The van der Waals surface area contributed by atoms with E-state index < -0.39 is 42.5 Å². The third-order valence-electron chi connectivity index (χ3n) is 12.5. The molecule has 0 heterocycles. The molecule has 9 heteroatoms. The maximum absolute atomic E-state index is 8.75. The lowest BCUT2D eigenvalue weighted by atomic mass is 9.76. The van der Waals surface area contributed by atoms with Crippen molar-refractivity contribution in [3.63, 3.8) is 0 Å². The molecule has 0 spiro atoms. The Morgan fingerprint density at radius 3 is 1.39 bits per heavy atom. The minimum absolute atomic E-state index is 0.271. The number of benzene rings is 2. The predicted molar refractivity (Wildman–Crippen MR) is 237 cm³/mol. The molecule has 51 heavy (non-hydrogen) atoms. The van der Waals surface area contributed by atoms with E-state index in [0.717, 1.165) is 57.8 Å². The van der Waals surface area contributed by atoms with Gasteiger partial charge in [-0.05, 0) is 102 Å². The van der Waals surface area contributed by atoms with Crippen molar-refractivity contribution in [2.75, 3.05) is 0 Å². The van der Waals surface area contributed by atoms with Gasteiger partial charge in [-0.1, -0.05) is 140 Å². The summed E-state index contributed by atoms with van der Waals surface area (Å²) < 4.78 is 24.1. The van der Waals surface area contributed by atoms with E-state index in [9.17, 15) is 0 Å². The second-order valence-corrected chi connectivity index (χ2v) is 36.5. The van der Waals surface area contributed by atoms with Crippen LogP contribution in [0.3, 0.4) is 0 Å². The van der Waals surface area contributed by atoms with Crippen LogP contribution >= 0.6 is 22.2 Å². The summed E-state index contributed by atoms with van der Waals surface area (Å²) in [5.41, 5.74) is 0.758. The van der Waals surface area contributed by atoms with Crippen molar-refractivity contribution >= 4 is 64.2 Å². The van der Waals surface area contributed by atoms with Gasteiger partial charge in [-0.2, -0.15) is 11.1 Å². The van der Waals surface area contributed by atoms with E-state index in [1.165, 1.54) is 15.9 Å². The maximum Gasteiger partial charge on any atom is 0.287 e. The summed E-state index contributed by atoms with van der Waals surface area (Å²) >= 11 is 14.8. The summed E-state index contributed by atoms with van der Waals surface area (Å²) in [4.78, 5) is 0. The monoisotopic (exact) mass is 808 g/mol. The molecule has 0 amide bonds. The Bertz CT molecular complexity index is 1330. The Labute approximate surface area is 328 Å². The van der Waals surface area contributed by atoms with Crippen LogP contribution in [0.1, 0.15) is 120 Å². The van der Waals surface area contributed by atoms with Crippen LogP contribution in [0.2, 0.25) is 44.3 Å². The second kappa shape index (κ2) is 18.4. The van der Waals surface area contributed by atoms with E-state index in [0.29, 0.717) is 0 Å². The molecule has 3 nitrogen and oxygen atoms in total. The first kappa shape index (κ1) is 46.7. The van der Waals surface area contributed by atoms with Gasteiger partial charge in [0, 0.05) is 5.04 Å². The summed E-state index contributed by atoms with van der Waals surface area (Å²) in [6.45, 7) is 34.5. The molecule has 290 valence electrons. The predicted octanol–water partition coefficient (Wildman–Crippen LogP) is 13.0. The SMILES string of the molecule is C/C=C(\C)CC(CC)(O[Si](c1ccccc1)(c1ccccc1)C(CC)(CCC)O[Si](C)(C)Cl)C(CC)(CC)[Si](C)(C)OC(CC)(CC)[Si](C)(C)Cl. The summed E-state index contributed by atoms with van der Waals surface area (Å²) in [5.74, 6) is 0. The van der Waals surface area contributed by atoms with Gasteiger partial charge in [-0.25, -0.2) is 0 Å². The Hall–Kier alpha value is -0.492. The molecule has 2 atom stereocenters. The molecule has 0 aliphatic rings. The summed E-state index contributed by atoms with van der Waals surface area (Å²) in [5, 5.41) is 1.25. The van der Waals surface area contributed by atoms with Gasteiger partial charge < -0.3 is 13.3 Å². The molecule has 2 unspecified atom stereocenters. The van der Waals surface area contributed by atoms with Gasteiger partial charge in [0.1, 0.15) is 0 Å². The van der Waals surface area contributed by atoms with Gasteiger partial charge in [-0.3, -0.25) is 0 Å². The number of allylic oxidation sites excluding steroid dienone is 1. The first-order valence-electron chi connectivity index (χ1n) is 19.9. The summed E-state index contributed by atoms with van der Waals surface area (Å²) in [6.07, 6.45) is 10.3. The number of hydrogen-bond acceptors (Lipinski definition) is 3. The highest BCUT2D eigenvalue weighted by Gasteiger charge is 2.68. The van der Waals surface area contributed by atoms with E-state index in [4.69, 9.17) is 35.4 Å². The van der Waals surface area contributed by atoms with Crippen molar-refractivity contribution in [3.8, 4) is 0 Å². The van der Waals surface area contributed by atoms with Gasteiger partial charge in [0.05, 0.1) is 16.0 Å². The first-order chi connectivity index (χ1) is 23.7. The number of hydrogen-bond donors (Lipinski definition) is 0. The van der Waals surface area contributed by atoms with Crippen LogP contribution in [0.4, 0.5) is 0 Å². The lowest BCUT2D eigenvalue weighted by molar-refractivity contribution is -0.0327. The van der Waals surface area contributed by atoms with Crippen LogP contribution in [0, 0.1) is 0 Å². The van der Waals surface area contributed by atoms with Gasteiger partial charge >= 0.3 is 0 Å². The summed E-state index contributed by atoms with van der Waals surface area (Å²) in [6, 6.07) is 22.2. The fourth-order valence-electron chi connectivity index (χ4n) is 9.84. The van der Waals surface area contributed by atoms with E-state index in [1.807, 2.05) is 0 Å². The molecule has 0 saturated heterocycles. The largest absolute Gasteiger partial charge is 0.412 e. The third-order valence-corrected chi connectivity index (χ3v) is 27.4. The minimum atomic E-state index is -3.38. The van der Waals surface area contributed by atoms with Crippen LogP contribution in [0.25, 0.3) is 0 Å². The zero-order valence-electron chi connectivity index (χ0n) is 35.2. The average Bonchev–Trinajstić information content (AvgIpc) is 3.09. The lowest BCUT2D eigenvalue weighted by Gasteiger charge is -2.63. The maximum atomic E-state index is 8.75. The molecule has 2 aromatic carbocycles. The van der Waals surface area contributed by atoms with E-state index in [-0.39, 0.29) is 10.3 Å². The normalized spacial score (nSPS) is 16.5. The Morgan fingerprint density at radius 1 is 0.627 bits per heavy atom. The van der Waals surface area contributed by atoms with Gasteiger partial charge in [0.2, 0.25) is 0 Å². The van der Waals surface area contributed by atoms with Crippen LogP contribution < -0.4 is 10.4 Å². The van der Waals surface area contributed by atoms with Crippen molar-refractivity contribution in [1.82, 2.24) is 0 Å². The second-order valence-electron chi connectivity index (χ2n) is 16.3. The third kappa shape index (κ3) is 9.15. The highest BCUT2D eigenvalue weighted by atomic mass is 35.6. The average molecular weight is 810 g/mol. The Kier molecular flexibility index (Phi) is 16.9. The Morgan fingerprint density at radius 2 is 1.08 bits per heavy atom. The van der Waals surface area contributed by atoms with Crippen LogP contribution in [-0.2, 0) is 13.3 Å². The highest BCUT2D eigenvalue weighted by molar-refractivity contribution is 7.20. The Balaban J connectivity index is 3.36. The van der Waals surface area contributed by atoms with E-state index >= 15 is 0 Å². The van der Waals surface area contributed by atoms with Crippen molar-refractivity contribution in [2.45, 2.75) is 180 Å². The van der Waals surface area contributed by atoms with Crippen molar-refractivity contribution in [3.05, 3.63) is 72.3 Å². The zero-order chi connectivity index (χ0) is 39.0. The fourth-order valence-corrected chi connectivity index (χ4v) is 27.5. The molecule has 0 radical (unpaired) electrons. The van der Waals surface area contributed by atoms with Crippen molar-refractivity contribution < 1.29 is 13.3 Å². The molecule has 0 N–H and O–H groups in total. The van der Waals surface area contributed by atoms with Crippen LogP contribution in [0.15, 0.2) is 72.3 Å². The first-order valence-corrected chi connectivity index (χ1v) is 32.7. The molecule has 0 bridgehead atoms. The number of halogens is 2. The molecule has 2 rings (SSSR count). The fraction of sp³-hybridized carbons (Fsp3) is 0.667. The lowest BCUT2D eigenvalue weighted by Crippen LogP contribution is -2.80. The molecule has 0 aromatic heterocycles. The molecule has 0 fully saturated rings. The number of rotatable bonds is 22. The van der Waals surface area contributed by atoms with Gasteiger partial charge in [-0.15, -0.1) is 11.1 Å². The minimum Gasteiger partial charge on any atom is -0.412 e. The smallest absolute Gasteiger partial charge is 0.287 e. The van der Waals surface area contributed by atoms with Crippen LogP contribution in [-0.4, -0.2) is 47.7 Å². The van der Waals surface area contributed by atoms with Crippen molar-refractivity contribution in [2.24, 2.45) is 0 Å². The molecule has 0 aliphatic heterocycles. The summed E-state index contributed by atoms with van der Waals surface area (Å²) in [7, 11) is -11.0. The topological polar surface area (TPSA) is 27.7 Å². The standard InChI is InChI=1S/C42H74Cl2O3Si4/c1-16-34-42(23-8,47-50(14,15)44)51(37-30-26-24-27-31-37,38-32-28-25-29-33-38)45-39(18-3,35-36(9)17-2)40(19-4,20-5)49(12,13)46-41(21-6,22-7)48(10,11)43/h17,24-33H,16,18-23,34-35H2,1-15H3/b36-17+. The highest BCUT2D eigenvalue weighted by Crippen LogP contribution is 2.62. The molecular formula is C42H74Cl2O3Si4. The van der Waals surface area contributed by atoms with Crippen LogP contribution in [0.5, 0.6) is 0 Å². The molecular weight excluding hydrogens is 736 g/mol. The van der Waals surface area contributed by atoms with E-state index in [1.54, 1.807) is 0 Å². The van der Waals surface area contributed by atoms with Gasteiger partial charge in [0.15, 0.2) is 15.7 Å². The molecule has 0 aliphatic carbocycles. The van der Waals surface area contributed by atoms with Gasteiger partial charge in [0.25, 0.3) is 15.9 Å². The van der Waals surface area contributed by atoms with E-state index in [2.05, 4.69) is 168 Å². The molecule has 2 aromatic rings.